The van der Waals surface area contributed by atoms with E-state index in [0.29, 0.717) is 23.4 Å². The molecular formula is C18H21NO4. The van der Waals surface area contributed by atoms with E-state index in [9.17, 15) is 9.59 Å². The van der Waals surface area contributed by atoms with Crippen molar-refractivity contribution in [2.24, 2.45) is 0 Å². The molecule has 2 rings (SSSR count). The van der Waals surface area contributed by atoms with Gasteiger partial charge in [0, 0.05) is 23.6 Å². The fraction of sp³-hybridized carbons (Fsp3) is 0.389. The molecule has 0 saturated heterocycles. The number of carbonyl (C=O) groups excluding carboxylic acids is 2. The van der Waals surface area contributed by atoms with E-state index in [0.717, 1.165) is 18.2 Å². The Bertz CT molecular complexity index is 696. The quantitative estimate of drug-likeness (QED) is 0.423. The van der Waals surface area contributed by atoms with Crippen LogP contribution in [-0.4, -0.2) is 30.5 Å². The van der Waals surface area contributed by atoms with Crippen molar-refractivity contribution in [2.75, 3.05) is 13.7 Å². The molecule has 1 aromatic heterocycles. The zero-order valence-corrected chi connectivity index (χ0v) is 13.5. The SMILES string of the molecule is CCCCOc1ccc(C(=O)CCC(=O)OC)c2cccnc12. The summed E-state index contributed by atoms with van der Waals surface area (Å²) < 4.78 is 10.3. The maximum Gasteiger partial charge on any atom is 0.305 e. The van der Waals surface area contributed by atoms with Crippen molar-refractivity contribution in [3.8, 4) is 5.75 Å². The van der Waals surface area contributed by atoms with Crippen LogP contribution < -0.4 is 4.74 Å². The van der Waals surface area contributed by atoms with Crippen molar-refractivity contribution in [1.29, 1.82) is 0 Å². The number of unbranched alkanes of at least 4 members (excludes halogenated alkanes) is 1. The summed E-state index contributed by atoms with van der Waals surface area (Å²) in [6.45, 7) is 2.72. The highest BCUT2D eigenvalue weighted by atomic mass is 16.5. The number of esters is 1. The third-order valence-electron chi connectivity index (χ3n) is 3.57. The van der Waals surface area contributed by atoms with E-state index < -0.39 is 0 Å². The fourth-order valence-corrected chi connectivity index (χ4v) is 2.29. The monoisotopic (exact) mass is 315 g/mol. The van der Waals surface area contributed by atoms with Crippen LogP contribution in [0.4, 0.5) is 0 Å². The zero-order chi connectivity index (χ0) is 16.7. The van der Waals surface area contributed by atoms with Gasteiger partial charge in [-0.3, -0.25) is 14.6 Å². The molecule has 0 saturated carbocycles. The number of aromatic nitrogens is 1. The lowest BCUT2D eigenvalue weighted by Crippen LogP contribution is -2.07. The second-order valence-corrected chi connectivity index (χ2v) is 5.21. The Morgan fingerprint density at radius 2 is 2.00 bits per heavy atom. The number of benzene rings is 1. The van der Waals surface area contributed by atoms with Crippen LogP contribution in [0, 0.1) is 0 Å². The third-order valence-corrected chi connectivity index (χ3v) is 3.57. The van der Waals surface area contributed by atoms with Crippen molar-refractivity contribution in [3.05, 3.63) is 36.0 Å². The summed E-state index contributed by atoms with van der Waals surface area (Å²) in [5, 5.41) is 0.747. The van der Waals surface area contributed by atoms with Gasteiger partial charge in [0.2, 0.25) is 0 Å². The lowest BCUT2D eigenvalue weighted by Gasteiger charge is -2.11. The molecule has 0 aliphatic carbocycles. The zero-order valence-electron chi connectivity index (χ0n) is 13.5. The summed E-state index contributed by atoms with van der Waals surface area (Å²) in [4.78, 5) is 27.9. The van der Waals surface area contributed by atoms with Crippen molar-refractivity contribution in [3.63, 3.8) is 0 Å². The largest absolute Gasteiger partial charge is 0.491 e. The molecule has 0 fully saturated rings. The second kappa shape index (κ2) is 8.27. The van der Waals surface area contributed by atoms with Gasteiger partial charge >= 0.3 is 5.97 Å². The maximum absolute atomic E-state index is 12.4. The summed E-state index contributed by atoms with van der Waals surface area (Å²) in [6.07, 6.45) is 3.89. The van der Waals surface area contributed by atoms with Crippen molar-refractivity contribution >= 4 is 22.7 Å². The van der Waals surface area contributed by atoms with Crippen molar-refractivity contribution < 1.29 is 19.1 Å². The number of ether oxygens (including phenoxy) is 2. The number of ketones is 1. The van der Waals surface area contributed by atoms with Crippen LogP contribution in [0.1, 0.15) is 43.0 Å². The van der Waals surface area contributed by atoms with Gasteiger partial charge in [0.15, 0.2) is 5.78 Å². The molecule has 23 heavy (non-hydrogen) atoms. The number of hydrogen-bond acceptors (Lipinski definition) is 5. The van der Waals surface area contributed by atoms with Gasteiger partial charge in [-0.1, -0.05) is 19.4 Å². The topological polar surface area (TPSA) is 65.5 Å². The van der Waals surface area contributed by atoms with E-state index in [-0.39, 0.29) is 24.6 Å². The maximum atomic E-state index is 12.4. The number of Topliss-reactive ketones (excluding diaryl/α,β-unsaturated/α-hetero) is 1. The van der Waals surface area contributed by atoms with Crippen LogP contribution in [0.5, 0.6) is 5.75 Å². The minimum absolute atomic E-state index is 0.0752. The Balaban J connectivity index is 2.26. The van der Waals surface area contributed by atoms with Gasteiger partial charge in [-0.05, 0) is 24.6 Å². The van der Waals surface area contributed by atoms with Crippen molar-refractivity contribution in [1.82, 2.24) is 4.98 Å². The number of hydrogen-bond donors (Lipinski definition) is 0. The Morgan fingerprint density at radius 1 is 1.17 bits per heavy atom. The van der Waals surface area contributed by atoms with E-state index in [4.69, 9.17) is 4.74 Å². The molecule has 5 heteroatoms. The average Bonchev–Trinajstić information content (AvgIpc) is 2.59. The average molecular weight is 315 g/mol. The number of pyridine rings is 1. The van der Waals surface area contributed by atoms with Gasteiger partial charge in [-0.15, -0.1) is 0 Å². The molecular weight excluding hydrogens is 294 g/mol. The van der Waals surface area contributed by atoms with Gasteiger partial charge < -0.3 is 9.47 Å². The molecule has 2 aromatic rings. The van der Waals surface area contributed by atoms with Gasteiger partial charge in [0.25, 0.3) is 0 Å². The van der Waals surface area contributed by atoms with Crippen LogP contribution in [0.2, 0.25) is 0 Å². The highest BCUT2D eigenvalue weighted by Crippen LogP contribution is 2.28. The predicted molar refractivity (Wildman–Crippen MR) is 87.7 cm³/mol. The standard InChI is InChI=1S/C18H21NO4/c1-3-4-12-23-16-9-7-13(14-6-5-11-19-18(14)16)15(20)8-10-17(21)22-2/h5-7,9,11H,3-4,8,10,12H2,1-2H3. The molecule has 0 amide bonds. The van der Waals surface area contributed by atoms with E-state index in [2.05, 4.69) is 16.6 Å². The summed E-state index contributed by atoms with van der Waals surface area (Å²) in [5.74, 6) is 0.187. The van der Waals surface area contributed by atoms with Crippen LogP contribution in [0.15, 0.2) is 30.5 Å². The molecule has 0 radical (unpaired) electrons. The molecule has 1 aromatic carbocycles. The van der Waals surface area contributed by atoms with Gasteiger partial charge in [-0.25, -0.2) is 0 Å². The number of nitrogens with zero attached hydrogens (tertiary/aromatic N) is 1. The van der Waals surface area contributed by atoms with Crippen LogP contribution in [0.25, 0.3) is 10.9 Å². The molecule has 0 atom stereocenters. The highest BCUT2D eigenvalue weighted by Gasteiger charge is 2.15. The summed E-state index contributed by atoms with van der Waals surface area (Å²) in [5.41, 5.74) is 1.23. The summed E-state index contributed by atoms with van der Waals surface area (Å²) in [7, 11) is 1.31. The highest BCUT2D eigenvalue weighted by molar-refractivity contribution is 6.09. The number of rotatable bonds is 8. The van der Waals surface area contributed by atoms with Gasteiger partial charge in [-0.2, -0.15) is 0 Å². The van der Waals surface area contributed by atoms with E-state index >= 15 is 0 Å². The first-order valence-corrected chi connectivity index (χ1v) is 7.78. The first kappa shape index (κ1) is 16.9. The van der Waals surface area contributed by atoms with Gasteiger partial charge in [0.05, 0.1) is 20.1 Å². The molecule has 0 spiro atoms. The Hall–Kier alpha value is -2.43. The van der Waals surface area contributed by atoms with E-state index in [1.807, 2.05) is 6.07 Å². The van der Waals surface area contributed by atoms with Crippen LogP contribution >= 0.6 is 0 Å². The number of fused-ring (bicyclic) bond motifs is 1. The molecule has 5 nitrogen and oxygen atoms in total. The molecule has 0 N–H and O–H groups in total. The van der Waals surface area contributed by atoms with Crippen molar-refractivity contribution in [2.45, 2.75) is 32.6 Å². The predicted octanol–water partition coefficient (Wildman–Crippen LogP) is 3.55. The molecule has 0 aliphatic rings. The Labute approximate surface area is 135 Å². The first-order chi connectivity index (χ1) is 11.2. The summed E-state index contributed by atoms with van der Waals surface area (Å²) >= 11 is 0. The fourth-order valence-electron chi connectivity index (χ4n) is 2.29. The number of carbonyl (C=O) groups is 2. The van der Waals surface area contributed by atoms with E-state index in [1.165, 1.54) is 7.11 Å². The lowest BCUT2D eigenvalue weighted by atomic mass is 10.0. The normalized spacial score (nSPS) is 10.5. The van der Waals surface area contributed by atoms with Gasteiger partial charge in [0.1, 0.15) is 11.3 Å². The number of methoxy groups -OCH3 is 1. The van der Waals surface area contributed by atoms with Crippen LogP contribution in [0.3, 0.4) is 0 Å². The molecule has 0 unspecified atom stereocenters. The third kappa shape index (κ3) is 4.28. The van der Waals surface area contributed by atoms with E-state index in [1.54, 1.807) is 24.4 Å². The Morgan fingerprint density at radius 3 is 2.74 bits per heavy atom. The minimum Gasteiger partial charge on any atom is -0.491 e. The second-order valence-electron chi connectivity index (χ2n) is 5.21. The smallest absolute Gasteiger partial charge is 0.305 e. The molecule has 0 aliphatic heterocycles. The molecule has 0 bridgehead atoms. The summed E-state index contributed by atoms with van der Waals surface area (Å²) in [6, 6.07) is 7.15. The molecule has 1 heterocycles. The first-order valence-electron chi connectivity index (χ1n) is 7.78. The lowest BCUT2D eigenvalue weighted by molar-refractivity contribution is -0.140. The molecule has 122 valence electrons. The minimum atomic E-state index is -0.389. The van der Waals surface area contributed by atoms with Crippen LogP contribution in [-0.2, 0) is 9.53 Å². The Kier molecular flexibility index (Phi) is 6.09.